The summed E-state index contributed by atoms with van der Waals surface area (Å²) < 4.78 is 4.93. The van der Waals surface area contributed by atoms with Crippen LogP contribution in [0.15, 0.2) is 24.3 Å². The van der Waals surface area contributed by atoms with E-state index >= 15 is 0 Å². The molecule has 0 amide bonds. The van der Waals surface area contributed by atoms with Gasteiger partial charge in [0.15, 0.2) is 5.78 Å². The molecule has 0 spiro atoms. The number of carbonyl (C=O) groups excluding carboxylic acids is 2. The van der Waals surface area contributed by atoms with Gasteiger partial charge in [0.05, 0.1) is 13.0 Å². The smallest absolute Gasteiger partial charge is 0.309 e. The van der Waals surface area contributed by atoms with Crippen LogP contribution < -0.4 is 0 Å². The first-order valence-corrected chi connectivity index (χ1v) is 5.36. The zero-order valence-corrected chi connectivity index (χ0v) is 9.31. The molecule has 0 radical (unpaired) electrons. The van der Waals surface area contributed by atoms with E-state index in [1.54, 1.807) is 0 Å². The number of aliphatic hydroxyl groups is 1. The SMILES string of the molecule is CCCCOC(=O)CC1(O)C=CC(=O)C=C1. The van der Waals surface area contributed by atoms with E-state index < -0.39 is 11.6 Å². The molecule has 0 aromatic carbocycles. The quantitative estimate of drug-likeness (QED) is 0.562. The number of esters is 1. The van der Waals surface area contributed by atoms with Crippen molar-refractivity contribution in [2.45, 2.75) is 31.8 Å². The Hall–Kier alpha value is -1.42. The van der Waals surface area contributed by atoms with Crippen LogP contribution in [-0.2, 0) is 14.3 Å². The Labute approximate surface area is 94.6 Å². The minimum atomic E-state index is -1.38. The maximum atomic E-state index is 11.3. The van der Waals surface area contributed by atoms with Gasteiger partial charge in [-0.3, -0.25) is 9.59 Å². The van der Waals surface area contributed by atoms with Gasteiger partial charge in [0.2, 0.25) is 0 Å². The average molecular weight is 224 g/mol. The van der Waals surface area contributed by atoms with Crippen LogP contribution in [0.1, 0.15) is 26.2 Å². The Balaban J connectivity index is 2.41. The molecule has 0 atom stereocenters. The van der Waals surface area contributed by atoms with Crippen LogP contribution >= 0.6 is 0 Å². The van der Waals surface area contributed by atoms with Gasteiger partial charge in [0, 0.05) is 0 Å². The molecule has 4 nitrogen and oxygen atoms in total. The molecule has 0 unspecified atom stereocenters. The van der Waals surface area contributed by atoms with Crippen LogP contribution in [0.2, 0.25) is 0 Å². The summed E-state index contributed by atoms with van der Waals surface area (Å²) in [4.78, 5) is 22.2. The van der Waals surface area contributed by atoms with E-state index in [1.807, 2.05) is 6.92 Å². The molecular formula is C12H16O4. The number of rotatable bonds is 5. The largest absolute Gasteiger partial charge is 0.466 e. The third-order valence-electron chi connectivity index (χ3n) is 2.26. The van der Waals surface area contributed by atoms with Crippen LogP contribution in [-0.4, -0.2) is 29.1 Å². The van der Waals surface area contributed by atoms with Crippen molar-refractivity contribution in [3.8, 4) is 0 Å². The molecule has 1 N–H and O–H groups in total. The van der Waals surface area contributed by atoms with Crippen molar-refractivity contribution >= 4 is 11.8 Å². The fraction of sp³-hybridized carbons (Fsp3) is 0.500. The number of ether oxygens (including phenoxy) is 1. The number of carbonyl (C=O) groups is 2. The van der Waals surface area contributed by atoms with Crippen molar-refractivity contribution in [1.29, 1.82) is 0 Å². The summed E-state index contributed by atoms with van der Waals surface area (Å²) in [5.41, 5.74) is -1.38. The summed E-state index contributed by atoms with van der Waals surface area (Å²) in [5.74, 6) is -0.649. The normalized spacial score (nSPS) is 17.5. The lowest BCUT2D eigenvalue weighted by atomic mass is 9.94. The second kappa shape index (κ2) is 5.61. The molecule has 4 heteroatoms. The summed E-state index contributed by atoms with van der Waals surface area (Å²) in [7, 11) is 0. The third kappa shape index (κ3) is 3.98. The van der Waals surface area contributed by atoms with Gasteiger partial charge in [-0.05, 0) is 30.7 Å². The molecule has 0 aliphatic heterocycles. The molecule has 0 saturated carbocycles. The molecule has 88 valence electrons. The van der Waals surface area contributed by atoms with E-state index in [1.165, 1.54) is 24.3 Å². The van der Waals surface area contributed by atoms with Crippen molar-refractivity contribution in [2.24, 2.45) is 0 Å². The molecule has 16 heavy (non-hydrogen) atoms. The van der Waals surface area contributed by atoms with E-state index in [-0.39, 0.29) is 12.2 Å². The van der Waals surface area contributed by atoms with Crippen molar-refractivity contribution in [2.75, 3.05) is 6.61 Å². The lowest BCUT2D eigenvalue weighted by molar-refractivity contribution is -0.146. The summed E-state index contributed by atoms with van der Waals surface area (Å²) >= 11 is 0. The molecule has 1 aliphatic rings. The highest BCUT2D eigenvalue weighted by Crippen LogP contribution is 2.18. The fourth-order valence-corrected chi connectivity index (χ4v) is 1.29. The number of hydrogen-bond donors (Lipinski definition) is 1. The second-order valence-electron chi connectivity index (χ2n) is 3.81. The van der Waals surface area contributed by atoms with E-state index in [0.29, 0.717) is 6.61 Å². The maximum absolute atomic E-state index is 11.3. The van der Waals surface area contributed by atoms with Crippen LogP contribution in [0.3, 0.4) is 0 Å². The molecule has 0 fully saturated rings. The third-order valence-corrected chi connectivity index (χ3v) is 2.26. The minimum absolute atomic E-state index is 0.156. The number of unbranched alkanes of at least 4 members (excludes halogenated alkanes) is 1. The molecule has 0 aromatic heterocycles. The van der Waals surface area contributed by atoms with Crippen molar-refractivity contribution in [3.05, 3.63) is 24.3 Å². The lowest BCUT2D eigenvalue weighted by Gasteiger charge is -2.21. The maximum Gasteiger partial charge on any atom is 0.309 e. The van der Waals surface area contributed by atoms with Gasteiger partial charge < -0.3 is 9.84 Å². The van der Waals surface area contributed by atoms with Gasteiger partial charge in [-0.1, -0.05) is 13.3 Å². The Kier molecular flexibility index (Phi) is 4.43. The van der Waals surface area contributed by atoms with Gasteiger partial charge in [-0.25, -0.2) is 0 Å². The standard InChI is InChI=1S/C12H16O4/c1-2-3-8-16-11(14)9-12(15)6-4-10(13)5-7-12/h4-7,15H,2-3,8-9H2,1H3. The van der Waals surface area contributed by atoms with Crippen molar-refractivity contribution in [1.82, 2.24) is 0 Å². The first-order valence-electron chi connectivity index (χ1n) is 5.36. The molecule has 1 aliphatic carbocycles. The summed E-state index contributed by atoms with van der Waals surface area (Å²) in [6, 6.07) is 0. The van der Waals surface area contributed by atoms with Crippen molar-refractivity contribution in [3.63, 3.8) is 0 Å². The molecule has 0 aromatic rings. The molecule has 0 bridgehead atoms. The van der Waals surface area contributed by atoms with E-state index in [0.717, 1.165) is 12.8 Å². The van der Waals surface area contributed by atoms with E-state index in [2.05, 4.69) is 0 Å². The number of ketones is 1. The first-order chi connectivity index (χ1) is 7.56. The topological polar surface area (TPSA) is 63.6 Å². The Morgan fingerprint density at radius 3 is 2.62 bits per heavy atom. The summed E-state index contributed by atoms with van der Waals surface area (Å²) in [6.07, 6.45) is 6.74. The van der Waals surface area contributed by atoms with Gasteiger partial charge in [0.25, 0.3) is 0 Å². The highest BCUT2D eigenvalue weighted by Gasteiger charge is 2.27. The van der Waals surface area contributed by atoms with Crippen molar-refractivity contribution < 1.29 is 19.4 Å². The fourth-order valence-electron chi connectivity index (χ4n) is 1.29. The van der Waals surface area contributed by atoms with Crippen LogP contribution in [0, 0.1) is 0 Å². The number of allylic oxidation sites excluding steroid dienone is 2. The monoisotopic (exact) mass is 224 g/mol. The number of hydrogen-bond acceptors (Lipinski definition) is 4. The van der Waals surface area contributed by atoms with E-state index in [9.17, 15) is 14.7 Å². The van der Waals surface area contributed by atoms with E-state index in [4.69, 9.17) is 4.74 Å². The summed E-state index contributed by atoms with van der Waals surface area (Å²) in [5, 5.41) is 9.89. The molecule has 0 heterocycles. The van der Waals surface area contributed by atoms with Gasteiger partial charge in [-0.2, -0.15) is 0 Å². The summed E-state index contributed by atoms with van der Waals surface area (Å²) in [6.45, 7) is 2.37. The average Bonchev–Trinajstić information content (AvgIpc) is 2.23. The first kappa shape index (κ1) is 12.6. The zero-order valence-electron chi connectivity index (χ0n) is 9.31. The lowest BCUT2D eigenvalue weighted by Crippen LogP contribution is -2.30. The van der Waals surface area contributed by atoms with Crippen LogP contribution in [0.5, 0.6) is 0 Å². The zero-order chi connectivity index (χ0) is 12.0. The second-order valence-corrected chi connectivity index (χ2v) is 3.81. The highest BCUT2D eigenvalue weighted by molar-refractivity contribution is 6.00. The van der Waals surface area contributed by atoms with Gasteiger partial charge in [0.1, 0.15) is 5.60 Å². The van der Waals surface area contributed by atoms with Crippen LogP contribution in [0.25, 0.3) is 0 Å². The Morgan fingerprint density at radius 1 is 1.44 bits per heavy atom. The molecule has 0 saturated heterocycles. The highest BCUT2D eigenvalue weighted by atomic mass is 16.5. The van der Waals surface area contributed by atoms with Gasteiger partial charge >= 0.3 is 5.97 Å². The van der Waals surface area contributed by atoms with Crippen LogP contribution in [0.4, 0.5) is 0 Å². The minimum Gasteiger partial charge on any atom is -0.466 e. The predicted octanol–water partition coefficient (Wildman–Crippen LogP) is 1.15. The molecular weight excluding hydrogens is 208 g/mol. The molecule has 1 rings (SSSR count). The Morgan fingerprint density at radius 2 is 2.06 bits per heavy atom. The predicted molar refractivity (Wildman–Crippen MR) is 58.7 cm³/mol. The Bertz CT molecular complexity index is 312. The van der Waals surface area contributed by atoms with Gasteiger partial charge in [-0.15, -0.1) is 0 Å².